The van der Waals surface area contributed by atoms with Crippen LogP contribution in [-0.4, -0.2) is 37.1 Å². The number of halogens is 1. The van der Waals surface area contributed by atoms with Crippen LogP contribution in [0.25, 0.3) is 0 Å². The largest absolute Gasteiger partial charge is 0.465 e. The Kier molecular flexibility index (Phi) is 4.26. The number of aromatic nitrogens is 1. The molecule has 19 heavy (non-hydrogen) atoms. The summed E-state index contributed by atoms with van der Waals surface area (Å²) in [6.07, 6.45) is 1.65. The minimum absolute atomic E-state index is 0.132. The van der Waals surface area contributed by atoms with E-state index in [0.717, 1.165) is 19.4 Å². The lowest BCUT2D eigenvalue weighted by Gasteiger charge is -2.30. The average molecular weight is 304 g/mol. The molecule has 0 spiro atoms. The second-order valence-corrected chi connectivity index (χ2v) is 5.63. The molecule has 1 saturated heterocycles. The summed E-state index contributed by atoms with van der Waals surface area (Å²) < 4.78 is 4.63. The monoisotopic (exact) mass is 303 g/mol. The van der Waals surface area contributed by atoms with Crippen molar-refractivity contribution in [3.05, 3.63) is 10.0 Å². The number of hydrogen-bond acceptors (Lipinski definition) is 6. The van der Waals surface area contributed by atoms with Crippen LogP contribution in [0.2, 0.25) is 5.15 Å². The van der Waals surface area contributed by atoms with Crippen LogP contribution >= 0.6 is 22.9 Å². The summed E-state index contributed by atoms with van der Waals surface area (Å²) in [6.45, 7) is 1.29. The molecule has 1 atom stereocenters. The van der Waals surface area contributed by atoms with E-state index in [1.807, 2.05) is 4.90 Å². The number of anilines is 1. The summed E-state index contributed by atoms with van der Waals surface area (Å²) in [5.41, 5.74) is 5.33. The zero-order valence-electron chi connectivity index (χ0n) is 10.4. The van der Waals surface area contributed by atoms with Crippen molar-refractivity contribution >= 4 is 39.9 Å². The molecule has 1 fully saturated rings. The first-order valence-electron chi connectivity index (χ1n) is 5.81. The molecule has 2 rings (SSSR count). The highest BCUT2D eigenvalue weighted by Gasteiger charge is 2.27. The predicted molar refractivity (Wildman–Crippen MR) is 72.6 cm³/mol. The lowest BCUT2D eigenvalue weighted by Crippen LogP contribution is -2.41. The second kappa shape index (κ2) is 5.75. The van der Waals surface area contributed by atoms with Crippen molar-refractivity contribution in [3.63, 3.8) is 0 Å². The first-order valence-corrected chi connectivity index (χ1v) is 7.01. The molecule has 1 aliphatic rings. The van der Waals surface area contributed by atoms with E-state index < -0.39 is 5.97 Å². The van der Waals surface area contributed by atoms with E-state index >= 15 is 0 Å². The highest BCUT2D eigenvalue weighted by molar-refractivity contribution is 7.18. The summed E-state index contributed by atoms with van der Waals surface area (Å²) in [6, 6.07) is 0. The summed E-state index contributed by atoms with van der Waals surface area (Å²) in [5.74, 6) is -0.990. The Hall–Kier alpha value is -1.34. The maximum atomic E-state index is 11.5. The van der Waals surface area contributed by atoms with Crippen LogP contribution < -0.4 is 10.6 Å². The lowest BCUT2D eigenvalue weighted by molar-refractivity contribution is -0.122. The fourth-order valence-corrected chi connectivity index (χ4v) is 3.26. The fourth-order valence-electron chi connectivity index (χ4n) is 2.03. The molecule has 1 amide bonds. The minimum Gasteiger partial charge on any atom is -0.465 e. The third-order valence-electron chi connectivity index (χ3n) is 3.04. The van der Waals surface area contributed by atoms with Gasteiger partial charge in [-0.25, -0.2) is 9.78 Å². The zero-order chi connectivity index (χ0) is 14.0. The first kappa shape index (κ1) is 14.1. The lowest BCUT2D eigenvalue weighted by atomic mass is 9.98. The Morgan fingerprint density at radius 3 is 2.95 bits per heavy atom. The molecule has 0 saturated carbocycles. The van der Waals surface area contributed by atoms with Crippen LogP contribution in [0.15, 0.2) is 0 Å². The van der Waals surface area contributed by atoms with Crippen molar-refractivity contribution in [2.75, 3.05) is 25.1 Å². The Labute approximate surface area is 119 Å². The van der Waals surface area contributed by atoms with Gasteiger partial charge < -0.3 is 15.4 Å². The van der Waals surface area contributed by atoms with Gasteiger partial charge in [-0.3, -0.25) is 4.79 Å². The van der Waals surface area contributed by atoms with E-state index in [-0.39, 0.29) is 21.9 Å². The molecule has 0 aromatic carbocycles. The standard InChI is InChI=1S/C11H14ClN3O3S/c1-18-10(17)7-8(12)14-11(19-7)15-4-2-3-6(5-15)9(13)16/h6H,2-5H2,1H3,(H2,13,16). The number of carbonyl (C=O) groups is 2. The summed E-state index contributed by atoms with van der Waals surface area (Å²) in [7, 11) is 1.29. The number of methoxy groups -OCH3 is 1. The number of primary amides is 1. The Bertz CT molecular complexity index is 505. The molecule has 1 unspecified atom stereocenters. The maximum Gasteiger partial charge on any atom is 0.351 e. The second-order valence-electron chi connectivity index (χ2n) is 4.30. The summed E-state index contributed by atoms with van der Waals surface area (Å²) >= 11 is 7.09. The van der Waals surface area contributed by atoms with Crippen LogP contribution in [0.5, 0.6) is 0 Å². The van der Waals surface area contributed by atoms with Crippen LogP contribution in [0.3, 0.4) is 0 Å². The number of esters is 1. The van der Waals surface area contributed by atoms with E-state index in [1.54, 1.807) is 0 Å². The van der Waals surface area contributed by atoms with Gasteiger partial charge in [0, 0.05) is 13.1 Å². The van der Waals surface area contributed by atoms with Gasteiger partial charge in [0.1, 0.15) is 0 Å². The minimum atomic E-state index is -0.503. The van der Waals surface area contributed by atoms with Gasteiger partial charge in [-0.2, -0.15) is 0 Å². The number of hydrogen-bond donors (Lipinski definition) is 1. The third-order valence-corrected chi connectivity index (χ3v) is 4.52. The van der Waals surface area contributed by atoms with E-state index in [9.17, 15) is 9.59 Å². The van der Waals surface area contributed by atoms with E-state index in [0.29, 0.717) is 11.7 Å². The molecule has 0 radical (unpaired) electrons. The van der Waals surface area contributed by atoms with Crippen molar-refractivity contribution in [2.45, 2.75) is 12.8 Å². The van der Waals surface area contributed by atoms with Crippen LogP contribution in [-0.2, 0) is 9.53 Å². The molecule has 0 aliphatic carbocycles. The number of piperidine rings is 1. The predicted octanol–water partition coefficient (Wildman–Crippen LogP) is 1.28. The van der Waals surface area contributed by atoms with Gasteiger partial charge in [0.25, 0.3) is 0 Å². The van der Waals surface area contributed by atoms with E-state index in [1.165, 1.54) is 18.4 Å². The smallest absolute Gasteiger partial charge is 0.351 e. The van der Waals surface area contributed by atoms with Gasteiger partial charge in [-0.05, 0) is 12.8 Å². The highest BCUT2D eigenvalue weighted by Crippen LogP contribution is 2.32. The van der Waals surface area contributed by atoms with Gasteiger partial charge in [-0.15, -0.1) is 0 Å². The number of nitrogens with zero attached hydrogens (tertiary/aromatic N) is 2. The molecule has 1 aliphatic heterocycles. The molecule has 0 bridgehead atoms. The van der Waals surface area contributed by atoms with Gasteiger partial charge in [-0.1, -0.05) is 22.9 Å². The van der Waals surface area contributed by atoms with Gasteiger partial charge >= 0.3 is 5.97 Å². The van der Waals surface area contributed by atoms with E-state index in [2.05, 4.69) is 9.72 Å². The zero-order valence-corrected chi connectivity index (χ0v) is 12.0. The summed E-state index contributed by atoms with van der Waals surface area (Å²) in [4.78, 5) is 29.1. The maximum absolute atomic E-state index is 11.5. The van der Waals surface area contributed by atoms with E-state index in [4.69, 9.17) is 17.3 Å². The quantitative estimate of drug-likeness (QED) is 0.850. The Morgan fingerprint density at radius 2 is 2.32 bits per heavy atom. The first-order chi connectivity index (χ1) is 9.02. The number of carbonyl (C=O) groups excluding carboxylic acids is 2. The Balaban J connectivity index is 2.18. The normalized spacial score (nSPS) is 19.3. The van der Waals surface area contributed by atoms with Crippen molar-refractivity contribution in [3.8, 4) is 0 Å². The number of ether oxygens (including phenoxy) is 1. The molecule has 104 valence electrons. The van der Waals surface area contributed by atoms with Crippen molar-refractivity contribution in [1.29, 1.82) is 0 Å². The number of thiazole rings is 1. The molecule has 2 heterocycles. The third kappa shape index (κ3) is 2.98. The van der Waals surface area contributed by atoms with Gasteiger partial charge in [0.15, 0.2) is 15.2 Å². The topological polar surface area (TPSA) is 85.5 Å². The fraction of sp³-hybridized carbons (Fsp3) is 0.545. The molecule has 6 nitrogen and oxygen atoms in total. The van der Waals surface area contributed by atoms with Crippen molar-refractivity contribution < 1.29 is 14.3 Å². The molecule has 8 heteroatoms. The Morgan fingerprint density at radius 1 is 1.58 bits per heavy atom. The summed E-state index contributed by atoms with van der Waals surface area (Å²) in [5, 5.41) is 0.754. The highest BCUT2D eigenvalue weighted by atomic mass is 35.5. The van der Waals surface area contributed by atoms with Crippen LogP contribution in [0.4, 0.5) is 5.13 Å². The molecule has 2 N–H and O–H groups in total. The molecular formula is C11H14ClN3O3S. The van der Waals surface area contributed by atoms with Gasteiger partial charge in [0.2, 0.25) is 5.91 Å². The van der Waals surface area contributed by atoms with Crippen LogP contribution in [0, 0.1) is 5.92 Å². The number of amides is 1. The molecule has 1 aromatic heterocycles. The SMILES string of the molecule is COC(=O)c1sc(N2CCCC(C(N)=O)C2)nc1Cl. The number of nitrogens with two attached hydrogens (primary N) is 1. The van der Waals surface area contributed by atoms with Crippen LogP contribution in [0.1, 0.15) is 22.5 Å². The van der Waals surface area contributed by atoms with Gasteiger partial charge in [0.05, 0.1) is 13.0 Å². The average Bonchev–Trinajstić information content (AvgIpc) is 2.80. The van der Waals surface area contributed by atoms with Crippen molar-refractivity contribution in [1.82, 2.24) is 4.98 Å². The molecular weight excluding hydrogens is 290 g/mol. The molecule has 1 aromatic rings. The number of rotatable bonds is 3. The van der Waals surface area contributed by atoms with Crippen molar-refractivity contribution in [2.24, 2.45) is 11.7 Å².